The van der Waals surface area contributed by atoms with Crippen LogP contribution in [0.5, 0.6) is 0 Å². The molecule has 0 aliphatic carbocycles. The van der Waals surface area contributed by atoms with Crippen molar-refractivity contribution in [1.29, 1.82) is 0 Å². The molecule has 0 radical (unpaired) electrons. The SMILES string of the molecule is CC(C)N1CCCC(Nc2cccc3[nH]ncc23)CC1. The molecule has 2 aromatic rings. The molecule has 1 aliphatic rings. The van der Waals surface area contributed by atoms with Gasteiger partial charge in [-0.3, -0.25) is 5.10 Å². The zero-order valence-electron chi connectivity index (χ0n) is 12.4. The summed E-state index contributed by atoms with van der Waals surface area (Å²) >= 11 is 0. The van der Waals surface area contributed by atoms with Crippen LogP contribution in [0.1, 0.15) is 33.1 Å². The number of benzene rings is 1. The predicted molar refractivity (Wildman–Crippen MR) is 84.1 cm³/mol. The van der Waals surface area contributed by atoms with Crippen molar-refractivity contribution >= 4 is 16.6 Å². The Balaban J connectivity index is 1.70. The Morgan fingerprint density at radius 2 is 2.20 bits per heavy atom. The van der Waals surface area contributed by atoms with Gasteiger partial charge in [0.1, 0.15) is 0 Å². The smallest absolute Gasteiger partial charge is 0.0671 e. The van der Waals surface area contributed by atoms with Crippen molar-refractivity contribution in [2.24, 2.45) is 0 Å². The van der Waals surface area contributed by atoms with Crippen LogP contribution >= 0.6 is 0 Å². The lowest BCUT2D eigenvalue weighted by atomic mass is 10.1. The molecule has 1 saturated heterocycles. The summed E-state index contributed by atoms with van der Waals surface area (Å²) in [4.78, 5) is 2.58. The minimum Gasteiger partial charge on any atom is -0.382 e. The highest BCUT2D eigenvalue weighted by Gasteiger charge is 2.19. The molecule has 2 N–H and O–H groups in total. The van der Waals surface area contributed by atoms with Gasteiger partial charge in [-0.15, -0.1) is 0 Å². The van der Waals surface area contributed by atoms with E-state index in [1.807, 2.05) is 6.20 Å². The maximum absolute atomic E-state index is 4.14. The number of nitrogens with one attached hydrogen (secondary N) is 2. The van der Waals surface area contributed by atoms with Gasteiger partial charge in [0, 0.05) is 29.7 Å². The second kappa shape index (κ2) is 5.83. The number of aromatic amines is 1. The first-order valence-corrected chi connectivity index (χ1v) is 7.67. The minimum atomic E-state index is 0.569. The second-order valence-electron chi connectivity index (χ2n) is 6.04. The van der Waals surface area contributed by atoms with Gasteiger partial charge in [0.15, 0.2) is 0 Å². The van der Waals surface area contributed by atoms with Crippen LogP contribution in [0, 0.1) is 0 Å². The second-order valence-corrected chi connectivity index (χ2v) is 6.04. The molecule has 1 aliphatic heterocycles. The molecule has 1 unspecified atom stereocenters. The van der Waals surface area contributed by atoms with Crippen LogP contribution in [0.4, 0.5) is 5.69 Å². The molecular weight excluding hydrogens is 248 g/mol. The lowest BCUT2D eigenvalue weighted by molar-refractivity contribution is 0.230. The average molecular weight is 272 g/mol. The summed E-state index contributed by atoms with van der Waals surface area (Å²) in [6.45, 7) is 7.00. The van der Waals surface area contributed by atoms with E-state index >= 15 is 0 Å². The highest BCUT2D eigenvalue weighted by Crippen LogP contribution is 2.24. The highest BCUT2D eigenvalue weighted by atomic mass is 15.2. The topological polar surface area (TPSA) is 44.0 Å². The summed E-state index contributed by atoms with van der Waals surface area (Å²) in [6.07, 6.45) is 5.65. The van der Waals surface area contributed by atoms with Gasteiger partial charge in [-0.2, -0.15) is 5.10 Å². The standard InChI is InChI=1S/C16H24N4/c1-12(2)20-9-4-5-13(8-10-20)18-15-6-3-7-16-14(15)11-17-19-16/h3,6-7,11-13,18H,4-5,8-10H2,1-2H3,(H,17,19). The number of likely N-dealkylation sites (tertiary alicyclic amines) is 1. The van der Waals surface area contributed by atoms with Crippen molar-refractivity contribution in [1.82, 2.24) is 15.1 Å². The van der Waals surface area contributed by atoms with E-state index in [0.29, 0.717) is 12.1 Å². The number of fused-ring (bicyclic) bond motifs is 1. The predicted octanol–water partition coefficient (Wildman–Crippen LogP) is 3.24. The van der Waals surface area contributed by atoms with E-state index in [4.69, 9.17) is 0 Å². The van der Waals surface area contributed by atoms with Crippen molar-refractivity contribution in [3.05, 3.63) is 24.4 Å². The maximum Gasteiger partial charge on any atom is 0.0671 e. The monoisotopic (exact) mass is 272 g/mol. The summed E-state index contributed by atoms with van der Waals surface area (Å²) in [6, 6.07) is 7.54. The van der Waals surface area contributed by atoms with Crippen LogP contribution in [0.2, 0.25) is 0 Å². The van der Waals surface area contributed by atoms with E-state index in [-0.39, 0.29) is 0 Å². The lowest BCUT2D eigenvalue weighted by Gasteiger charge is -2.24. The average Bonchev–Trinajstić information content (AvgIpc) is 2.79. The van der Waals surface area contributed by atoms with Crippen LogP contribution < -0.4 is 5.32 Å². The number of anilines is 1. The van der Waals surface area contributed by atoms with Gasteiger partial charge in [0.05, 0.1) is 11.7 Å². The van der Waals surface area contributed by atoms with Gasteiger partial charge in [-0.1, -0.05) is 6.07 Å². The molecule has 1 atom stereocenters. The minimum absolute atomic E-state index is 0.569. The van der Waals surface area contributed by atoms with E-state index in [1.165, 1.54) is 43.4 Å². The molecule has 1 fully saturated rings. The van der Waals surface area contributed by atoms with Crippen molar-refractivity contribution in [2.45, 2.75) is 45.2 Å². The first-order valence-electron chi connectivity index (χ1n) is 7.67. The maximum atomic E-state index is 4.14. The summed E-state index contributed by atoms with van der Waals surface area (Å²) in [5.74, 6) is 0. The van der Waals surface area contributed by atoms with Gasteiger partial charge in [0.2, 0.25) is 0 Å². The molecule has 20 heavy (non-hydrogen) atoms. The largest absolute Gasteiger partial charge is 0.382 e. The van der Waals surface area contributed by atoms with Crippen molar-refractivity contribution in [3.8, 4) is 0 Å². The van der Waals surface area contributed by atoms with E-state index < -0.39 is 0 Å². The van der Waals surface area contributed by atoms with Gasteiger partial charge >= 0.3 is 0 Å². The third-order valence-corrected chi connectivity index (χ3v) is 4.34. The van der Waals surface area contributed by atoms with Crippen molar-refractivity contribution in [2.75, 3.05) is 18.4 Å². The van der Waals surface area contributed by atoms with Crippen LogP contribution in [-0.2, 0) is 0 Å². The van der Waals surface area contributed by atoms with Crippen molar-refractivity contribution < 1.29 is 0 Å². The molecule has 4 nitrogen and oxygen atoms in total. The molecule has 3 rings (SSSR count). The molecule has 2 heterocycles. The molecule has 0 bridgehead atoms. The Hall–Kier alpha value is -1.55. The summed E-state index contributed by atoms with van der Waals surface area (Å²) in [5, 5.41) is 12.1. The number of H-pyrrole nitrogens is 1. The fraction of sp³-hybridized carbons (Fsp3) is 0.562. The van der Waals surface area contributed by atoms with Crippen LogP contribution in [-0.4, -0.2) is 40.3 Å². The fourth-order valence-corrected chi connectivity index (χ4v) is 3.09. The van der Waals surface area contributed by atoms with E-state index in [9.17, 15) is 0 Å². The normalized spacial score (nSPS) is 21.2. The molecule has 1 aromatic heterocycles. The van der Waals surface area contributed by atoms with E-state index in [0.717, 1.165) is 5.52 Å². The van der Waals surface area contributed by atoms with Crippen LogP contribution in [0.15, 0.2) is 24.4 Å². The summed E-state index contributed by atoms with van der Waals surface area (Å²) in [7, 11) is 0. The zero-order valence-corrected chi connectivity index (χ0v) is 12.4. The molecule has 0 amide bonds. The first kappa shape index (κ1) is 13.4. The third kappa shape index (κ3) is 2.80. The Bertz CT molecular complexity index is 560. The molecule has 1 aromatic carbocycles. The molecule has 108 valence electrons. The molecule has 0 spiro atoms. The quantitative estimate of drug-likeness (QED) is 0.901. The Kier molecular flexibility index (Phi) is 3.92. The fourth-order valence-electron chi connectivity index (χ4n) is 3.09. The molecular formula is C16H24N4. The summed E-state index contributed by atoms with van der Waals surface area (Å²) in [5.41, 5.74) is 2.31. The number of hydrogen-bond donors (Lipinski definition) is 2. The first-order chi connectivity index (χ1) is 9.74. The molecule has 0 saturated carbocycles. The van der Waals surface area contributed by atoms with Crippen LogP contribution in [0.25, 0.3) is 10.9 Å². The molecule has 4 heteroatoms. The Labute approximate surface area is 120 Å². The van der Waals surface area contributed by atoms with Crippen LogP contribution in [0.3, 0.4) is 0 Å². The lowest BCUT2D eigenvalue weighted by Crippen LogP contribution is -2.32. The van der Waals surface area contributed by atoms with Gasteiger partial charge in [-0.05, 0) is 51.8 Å². The van der Waals surface area contributed by atoms with Crippen molar-refractivity contribution in [3.63, 3.8) is 0 Å². The van der Waals surface area contributed by atoms with E-state index in [1.54, 1.807) is 0 Å². The Morgan fingerprint density at radius 3 is 3.05 bits per heavy atom. The Morgan fingerprint density at radius 1 is 1.30 bits per heavy atom. The number of rotatable bonds is 3. The summed E-state index contributed by atoms with van der Waals surface area (Å²) < 4.78 is 0. The zero-order chi connectivity index (χ0) is 13.9. The third-order valence-electron chi connectivity index (χ3n) is 4.34. The van der Waals surface area contributed by atoms with Gasteiger partial charge < -0.3 is 10.2 Å². The number of hydrogen-bond acceptors (Lipinski definition) is 3. The highest BCUT2D eigenvalue weighted by molar-refractivity contribution is 5.90. The number of aromatic nitrogens is 2. The van der Waals surface area contributed by atoms with Gasteiger partial charge in [0.25, 0.3) is 0 Å². The number of nitrogens with zero attached hydrogens (tertiary/aromatic N) is 2. The van der Waals surface area contributed by atoms with E-state index in [2.05, 4.69) is 52.5 Å². The van der Waals surface area contributed by atoms with Gasteiger partial charge in [-0.25, -0.2) is 0 Å².